The van der Waals surface area contributed by atoms with E-state index in [1.165, 1.54) is 19.3 Å². The van der Waals surface area contributed by atoms with Crippen molar-refractivity contribution in [2.24, 2.45) is 28.6 Å². The number of halogens is 1. The Morgan fingerprint density at radius 3 is 2.76 bits per heavy atom. The lowest BCUT2D eigenvalue weighted by atomic mass is 9.47. The summed E-state index contributed by atoms with van der Waals surface area (Å²) in [4.78, 5) is 0. The second-order valence-corrected chi connectivity index (χ2v) is 8.69. The van der Waals surface area contributed by atoms with Gasteiger partial charge in [-0.25, -0.2) is 4.39 Å². The van der Waals surface area contributed by atoms with E-state index in [1.807, 2.05) is 0 Å². The minimum Gasteiger partial charge on any atom is -0.393 e. The molecule has 7 atom stereocenters. The predicted molar refractivity (Wildman–Crippen MR) is 82.6 cm³/mol. The van der Waals surface area contributed by atoms with E-state index in [4.69, 9.17) is 0 Å². The Balaban J connectivity index is 1.72. The molecular weight excluding hydrogens is 263 g/mol. The fourth-order valence-electron chi connectivity index (χ4n) is 6.74. The van der Waals surface area contributed by atoms with Crippen molar-refractivity contribution in [3.8, 4) is 0 Å². The van der Waals surface area contributed by atoms with E-state index in [9.17, 15) is 9.50 Å². The zero-order valence-corrected chi connectivity index (χ0v) is 13.4. The third-order valence-electron chi connectivity index (χ3n) is 7.95. The third-order valence-corrected chi connectivity index (χ3v) is 7.95. The average Bonchev–Trinajstić information content (AvgIpc) is 2.75. The van der Waals surface area contributed by atoms with Crippen LogP contribution >= 0.6 is 0 Å². The molecule has 21 heavy (non-hydrogen) atoms. The van der Waals surface area contributed by atoms with Crippen LogP contribution in [-0.2, 0) is 0 Å². The van der Waals surface area contributed by atoms with Crippen molar-refractivity contribution in [3.05, 3.63) is 11.6 Å². The summed E-state index contributed by atoms with van der Waals surface area (Å²) < 4.78 is 14.9. The minimum atomic E-state index is -0.725. The molecule has 0 aromatic heterocycles. The molecule has 0 spiro atoms. The number of alkyl halides is 1. The molecular formula is C19H29FO. The van der Waals surface area contributed by atoms with Crippen LogP contribution < -0.4 is 0 Å². The maximum atomic E-state index is 14.9. The van der Waals surface area contributed by atoms with E-state index in [0.717, 1.165) is 37.7 Å². The Morgan fingerprint density at radius 2 is 1.95 bits per heavy atom. The van der Waals surface area contributed by atoms with E-state index < -0.39 is 6.17 Å². The van der Waals surface area contributed by atoms with Crippen LogP contribution in [0.15, 0.2) is 11.6 Å². The number of rotatable bonds is 0. The summed E-state index contributed by atoms with van der Waals surface area (Å²) in [7, 11) is 0. The minimum absolute atomic E-state index is 0.0626. The number of aliphatic hydroxyl groups is 1. The van der Waals surface area contributed by atoms with Crippen LogP contribution in [-0.4, -0.2) is 17.4 Å². The fraction of sp³-hybridized carbons (Fsp3) is 0.895. The van der Waals surface area contributed by atoms with Crippen molar-refractivity contribution >= 4 is 0 Å². The molecule has 0 radical (unpaired) electrons. The van der Waals surface area contributed by atoms with Gasteiger partial charge in [0, 0.05) is 0 Å². The largest absolute Gasteiger partial charge is 0.393 e. The normalized spacial score (nSPS) is 56.2. The van der Waals surface area contributed by atoms with E-state index in [-0.39, 0.29) is 16.9 Å². The number of hydrogen-bond donors (Lipinski definition) is 1. The zero-order valence-electron chi connectivity index (χ0n) is 13.4. The Bertz CT molecular complexity index is 472. The molecule has 4 aliphatic rings. The van der Waals surface area contributed by atoms with Gasteiger partial charge in [-0.05, 0) is 85.5 Å². The quantitative estimate of drug-likeness (QED) is 0.644. The van der Waals surface area contributed by atoms with E-state index in [1.54, 1.807) is 0 Å². The van der Waals surface area contributed by atoms with Crippen molar-refractivity contribution < 1.29 is 9.50 Å². The summed E-state index contributed by atoms with van der Waals surface area (Å²) in [6, 6.07) is 0. The van der Waals surface area contributed by atoms with Gasteiger partial charge < -0.3 is 5.11 Å². The Morgan fingerprint density at radius 1 is 1.14 bits per heavy atom. The van der Waals surface area contributed by atoms with Gasteiger partial charge in [0.15, 0.2) is 0 Å². The Labute approximate surface area is 128 Å². The van der Waals surface area contributed by atoms with Crippen molar-refractivity contribution in [2.75, 3.05) is 0 Å². The van der Waals surface area contributed by atoms with Crippen LogP contribution in [0.25, 0.3) is 0 Å². The summed E-state index contributed by atoms with van der Waals surface area (Å²) >= 11 is 0. The van der Waals surface area contributed by atoms with Crippen LogP contribution in [0.5, 0.6) is 0 Å². The van der Waals surface area contributed by atoms with Gasteiger partial charge in [-0.2, -0.15) is 0 Å². The lowest BCUT2D eigenvalue weighted by Crippen LogP contribution is -2.53. The average molecular weight is 292 g/mol. The Kier molecular flexibility index (Phi) is 3.10. The SMILES string of the molecule is C[C@]12CC[C@H]3[C@@H](C[C@H](F)C4=CCCC[C@@]43C)[C@@H]1CC[C@@H]2O. The highest BCUT2D eigenvalue weighted by Gasteiger charge is 2.60. The zero-order chi connectivity index (χ0) is 14.8. The van der Waals surface area contributed by atoms with Crippen molar-refractivity contribution in [1.29, 1.82) is 0 Å². The molecule has 2 heteroatoms. The maximum Gasteiger partial charge on any atom is 0.122 e. The predicted octanol–water partition coefficient (Wildman–Crippen LogP) is 4.65. The summed E-state index contributed by atoms with van der Waals surface area (Å²) in [5.41, 5.74) is 1.31. The molecule has 0 unspecified atom stereocenters. The van der Waals surface area contributed by atoms with Gasteiger partial charge in [-0.3, -0.25) is 0 Å². The third kappa shape index (κ3) is 1.77. The lowest BCUT2D eigenvalue weighted by Gasteiger charge is -2.58. The molecule has 0 bridgehead atoms. The van der Waals surface area contributed by atoms with Crippen molar-refractivity contribution in [3.63, 3.8) is 0 Å². The topological polar surface area (TPSA) is 20.2 Å². The molecule has 1 N–H and O–H groups in total. The molecule has 3 saturated carbocycles. The molecule has 0 saturated heterocycles. The first-order valence-electron chi connectivity index (χ1n) is 8.99. The number of fused-ring (bicyclic) bond motifs is 5. The van der Waals surface area contributed by atoms with Gasteiger partial charge in [-0.15, -0.1) is 0 Å². The summed E-state index contributed by atoms with van der Waals surface area (Å²) in [5, 5.41) is 10.4. The Hall–Kier alpha value is -0.370. The monoisotopic (exact) mass is 292 g/mol. The molecule has 0 aromatic rings. The molecule has 0 amide bonds. The van der Waals surface area contributed by atoms with Crippen LogP contribution in [0.4, 0.5) is 4.39 Å². The molecule has 118 valence electrons. The highest BCUT2D eigenvalue weighted by atomic mass is 19.1. The molecule has 4 rings (SSSR count). The standard InChI is InChI=1S/C19H29FO/c1-18-9-4-3-5-15(18)16(20)11-12-13-6-7-17(21)19(13,2)10-8-14(12)18/h5,12-14,16-17,21H,3-4,6-11H2,1-2H3/t12-,13-,14-,16-,17-,18+,19-/m0/s1. The van der Waals surface area contributed by atoms with Gasteiger partial charge in [0.25, 0.3) is 0 Å². The van der Waals surface area contributed by atoms with E-state index in [0.29, 0.717) is 17.8 Å². The fourth-order valence-corrected chi connectivity index (χ4v) is 6.74. The highest BCUT2D eigenvalue weighted by Crippen LogP contribution is 2.65. The molecule has 3 fully saturated rings. The smallest absolute Gasteiger partial charge is 0.122 e. The van der Waals surface area contributed by atoms with Crippen molar-refractivity contribution in [2.45, 2.75) is 77.5 Å². The van der Waals surface area contributed by atoms with E-state index >= 15 is 0 Å². The van der Waals surface area contributed by atoms with Gasteiger partial charge >= 0.3 is 0 Å². The molecule has 4 aliphatic carbocycles. The highest BCUT2D eigenvalue weighted by molar-refractivity contribution is 5.27. The van der Waals surface area contributed by atoms with Crippen LogP contribution in [0.2, 0.25) is 0 Å². The van der Waals surface area contributed by atoms with Gasteiger partial charge in [0.2, 0.25) is 0 Å². The molecule has 0 heterocycles. The molecule has 0 aliphatic heterocycles. The van der Waals surface area contributed by atoms with Gasteiger partial charge in [0.05, 0.1) is 6.10 Å². The second kappa shape index (κ2) is 4.57. The summed E-state index contributed by atoms with van der Waals surface area (Å²) in [6.07, 6.45) is 9.90. The molecule has 1 nitrogen and oxygen atoms in total. The van der Waals surface area contributed by atoms with Crippen molar-refractivity contribution in [1.82, 2.24) is 0 Å². The summed E-state index contributed by atoms with van der Waals surface area (Å²) in [6.45, 7) is 4.61. The van der Waals surface area contributed by atoms with Gasteiger partial charge in [-0.1, -0.05) is 19.9 Å². The van der Waals surface area contributed by atoms with E-state index in [2.05, 4.69) is 19.9 Å². The van der Waals surface area contributed by atoms with Crippen LogP contribution in [0.1, 0.15) is 65.2 Å². The number of allylic oxidation sites excluding steroid dienone is 2. The second-order valence-electron chi connectivity index (χ2n) is 8.69. The number of hydrogen-bond acceptors (Lipinski definition) is 1. The summed E-state index contributed by atoms with van der Waals surface area (Å²) in [5.74, 6) is 1.69. The van der Waals surface area contributed by atoms with Gasteiger partial charge in [0.1, 0.15) is 6.17 Å². The van der Waals surface area contributed by atoms with Crippen LogP contribution in [0.3, 0.4) is 0 Å². The first-order valence-corrected chi connectivity index (χ1v) is 8.99. The lowest BCUT2D eigenvalue weighted by molar-refractivity contribution is -0.0849. The first-order chi connectivity index (χ1) is 9.97. The first kappa shape index (κ1) is 14.2. The molecule has 0 aromatic carbocycles. The maximum absolute atomic E-state index is 14.9. The van der Waals surface area contributed by atoms with Crippen LogP contribution in [0, 0.1) is 28.6 Å². The number of aliphatic hydroxyl groups excluding tert-OH is 1.